The van der Waals surface area contributed by atoms with Crippen LogP contribution in [-0.2, 0) is 6.42 Å². The van der Waals surface area contributed by atoms with Crippen LogP contribution in [0.25, 0.3) is 0 Å². The number of fused-ring (bicyclic) bond motifs is 2. The van der Waals surface area contributed by atoms with Gasteiger partial charge in [0.25, 0.3) is 0 Å². The van der Waals surface area contributed by atoms with Gasteiger partial charge >= 0.3 is 0 Å². The predicted molar refractivity (Wildman–Crippen MR) is 82.3 cm³/mol. The highest BCUT2D eigenvalue weighted by Crippen LogP contribution is 2.67. The number of hydrogen-bond donors (Lipinski definition) is 0. The Hall–Kier alpha value is -0.730. The van der Waals surface area contributed by atoms with Crippen molar-refractivity contribution in [2.24, 2.45) is 5.92 Å². The average Bonchev–Trinajstić information content (AvgIpc) is 3.21. The Morgan fingerprint density at radius 2 is 2.26 bits per heavy atom. The fourth-order valence-corrected chi connectivity index (χ4v) is 5.53. The van der Waals surface area contributed by atoms with E-state index in [4.69, 9.17) is 0 Å². The summed E-state index contributed by atoms with van der Waals surface area (Å²) < 4.78 is 0.487. The Bertz CT molecular complexity index is 524. The summed E-state index contributed by atoms with van der Waals surface area (Å²) in [6, 6.07) is 9.79. The third-order valence-electron chi connectivity index (χ3n) is 5.15. The maximum absolute atomic E-state index is 2.72. The van der Waals surface area contributed by atoms with E-state index in [9.17, 15) is 0 Å². The fraction of sp³-hybridized carbons (Fsp3) is 0.529. The molecule has 0 aromatic heterocycles. The third-order valence-corrected chi connectivity index (χ3v) is 6.64. The molecule has 0 N–H and O–H groups in total. The quantitative estimate of drug-likeness (QED) is 0.799. The Kier molecular flexibility index (Phi) is 2.78. The Morgan fingerprint density at radius 1 is 1.37 bits per heavy atom. The van der Waals surface area contributed by atoms with E-state index in [1.165, 1.54) is 32.4 Å². The van der Waals surface area contributed by atoms with Gasteiger partial charge in [0.15, 0.2) is 0 Å². The van der Waals surface area contributed by atoms with Gasteiger partial charge in [-0.25, -0.2) is 0 Å². The molecular formula is C17H21NS. The summed E-state index contributed by atoms with van der Waals surface area (Å²) in [7, 11) is 0. The molecule has 2 heterocycles. The highest BCUT2D eigenvalue weighted by atomic mass is 32.2. The van der Waals surface area contributed by atoms with Crippen LogP contribution in [0.4, 0.5) is 0 Å². The van der Waals surface area contributed by atoms with Crippen LogP contribution in [-0.4, -0.2) is 22.7 Å². The van der Waals surface area contributed by atoms with Crippen LogP contribution in [0.5, 0.6) is 0 Å². The van der Waals surface area contributed by atoms with Gasteiger partial charge in [-0.15, -0.1) is 11.8 Å². The molecule has 2 aliphatic heterocycles. The summed E-state index contributed by atoms with van der Waals surface area (Å²) in [6.45, 7) is 4.73. The van der Waals surface area contributed by atoms with E-state index in [0.29, 0.717) is 10.8 Å². The van der Waals surface area contributed by atoms with Crippen molar-refractivity contribution in [2.45, 2.75) is 37.0 Å². The summed E-state index contributed by atoms with van der Waals surface area (Å²) in [5, 5.41) is 2.36. The average molecular weight is 271 g/mol. The van der Waals surface area contributed by atoms with Crippen molar-refractivity contribution in [1.29, 1.82) is 0 Å². The third kappa shape index (κ3) is 1.73. The maximum Gasteiger partial charge on any atom is 0.0503 e. The van der Waals surface area contributed by atoms with Crippen molar-refractivity contribution in [3.05, 3.63) is 46.9 Å². The summed E-state index contributed by atoms with van der Waals surface area (Å²) in [6.07, 6.45) is 6.29. The van der Waals surface area contributed by atoms with Crippen molar-refractivity contribution in [3.63, 3.8) is 0 Å². The van der Waals surface area contributed by atoms with E-state index in [2.05, 4.69) is 59.3 Å². The molecule has 0 radical (unpaired) electrons. The van der Waals surface area contributed by atoms with Gasteiger partial charge in [0.2, 0.25) is 0 Å². The topological polar surface area (TPSA) is 3.24 Å². The van der Waals surface area contributed by atoms with E-state index >= 15 is 0 Å². The fourth-order valence-electron chi connectivity index (χ4n) is 4.08. The van der Waals surface area contributed by atoms with Crippen LogP contribution in [0.1, 0.15) is 36.9 Å². The number of hydrogen-bond acceptors (Lipinski definition) is 2. The van der Waals surface area contributed by atoms with Crippen molar-refractivity contribution in [2.75, 3.05) is 13.1 Å². The first-order chi connectivity index (χ1) is 9.35. The zero-order valence-corrected chi connectivity index (χ0v) is 12.3. The van der Waals surface area contributed by atoms with Gasteiger partial charge < -0.3 is 0 Å². The highest BCUT2D eigenvalue weighted by molar-refractivity contribution is 8.03. The van der Waals surface area contributed by atoms with E-state index in [0.717, 1.165) is 5.92 Å². The van der Waals surface area contributed by atoms with Crippen LogP contribution in [0, 0.1) is 5.92 Å². The lowest BCUT2D eigenvalue weighted by molar-refractivity contribution is 0.180. The maximum atomic E-state index is 2.72. The first-order valence-corrected chi connectivity index (χ1v) is 8.38. The van der Waals surface area contributed by atoms with Gasteiger partial charge in [-0.2, -0.15) is 0 Å². The van der Waals surface area contributed by atoms with Gasteiger partial charge in [0, 0.05) is 11.3 Å². The molecule has 0 spiro atoms. The lowest BCUT2D eigenvalue weighted by Crippen LogP contribution is -2.42. The van der Waals surface area contributed by atoms with E-state index in [1.54, 1.807) is 11.1 Å². The van der Waals surface area contributed by atoms with E-state index < -0.39 is 0 Å². The smallest absolute Gasteiger partial charge is 0.0503 e. The lowest BCUT2D eigenvalue weighted by atomic mass is 9.88. The van der Waals surface area contributed by atoms with Gasteiger partial charge in [-0.1, -0.05) is 37.3 Å². The summed E-state index contributed by atoms with van der Waals surface area (Å²) in [5.74, 6) is 0.910. The zero-order valence-electron chi connectivity index (χ0n) is 11.5. The normalized spacial score (nSPS) is 36.7. The number of allylic oxidation sites excluding steroid dienone is 1. The van der Waals surface area contributed by atoms with Crippen LogP contribution < -0.4 is 0 Å². The minimum atomic E-state index is 0.487. The minimum absolute atomic E-state index is 0.487. The first kappa shape index (κ1) is 12.0. The molecule has 3 atom stereocenters. The molecule has 1 aliphatic carbocycles. The number of likely N-dealkylation sites (N-methyl/N-ethyl adjacent to an activating group) is 1. The van der Waals surface area contributed by atoms with Crippen LogP contribution in [0.3, 0.4) is 0 Å². The van der Waals surface area contributed by atoms with Gasteiger partial charge in [-0.05, 0) is 48.3 Å². The molecule has 1 aromatic carbocycles. The van der Waals surface area contributed by atoms with Crippen LogP contribution in [0.15, 0.2) is 35.7 Å². The second-order valence-electron chi connectivity index (χ2n) is 6.06. The van der Waals surface area contributed by atoms with Crippen LogP contribution >= 0.6 is 11.8 Å². The molecule has 19 heavy (non-hydrogen) atoms. The largest absolute Gasteiger partial charge is 0.295 e. The molecule has 0 saturated heterocycles. The van der Waals surface area contributed by atoms with Crippen molar-refractivity contribution in [3.8, 4) is 0 Å². The van der Waals surface area contributed by atoms with Crippen molar-refractivity contribution >= 4 is 11.8 Å². The lowest BCUT2D eigenvalue weighted by Gasteiger charge is -2.42. The summed E-state index contributed by atoms with van der Waals surface area (Å²) in [5.41, 5.74) is 3.20. The van der Waals surface area contributed by atoms with E-state index in [1.807, 2.05) is 0 Å². The number of thioether (sulfide) groups is 1. The molecule has 1 fully saturated rings. The second-order valence-corrected chi connectivity index (χ2v) is 7.33. The molecule has 1 aromatic rings. The molecule has 0 amide bonds. The van der Waals surface area contributed by atoms with Crippen molar-refractivity contribution in [1.82, 2.24) is 4.90 Å². The number of nitrogens with zero attached hydrogens (tertiary/aromatic N) is 1. The SMILES string of the molecule is CCN1CCc2ccccc2C1C12CC1CC=CS2. The van der Waals surface area contributed by atoms with Gasteiger partial charge in [0.05, 0.1) is 6.04 Å². The standard InChI is InChI=1S/C17H21NS/c1-2-18-10-9-13-6-3-4-8-15(13)16(18)17-12-14(17)7-5-11-19-17/h3-6,8,11,14,16H,2,7,9-10,12H2,1H3. The van der Waals surface area contributed by atoms with Gasteiger partial charge in [0.1, 0.15) is 0 Å². The van der Waals surface area contributed by atoms with Gasteiger partial charge in [-0.3, -0.25) is 4.90 Å². The first-order valence-electron chi connectivity index (χ1n) is 7.50. The van der Waals surface area contributed by atoms with E-state index in [-0.39, 0.29) is 0 Å². The highest BCUT2D eigenvalue weighted by Gasteiger charge is 2.61. The molecular weight excluding hydrogens is 250 g/mol. The molecule has 4 rings (SSSR count). The molecule has 3 unspecified atom stereocenters. The molecule has 1 nitrogen and oxygen atoms in total. The summed E-state index contributed by atoms with van der Waals surface area (Å²) >= 11 is 2.11. The second kappa shape index (κ2) is 4.39. The monoisotopic (exact) mass is 271 g/mol. The molecule has 0 bridgehead atoms. The minimum Gasteiger partial charge on any atom is -0.295 e. The molecule has 100 valence electrons. The zero-order chi connectivity index (χ0) is 12.9. The van der Waals surface area contributed by atoms with Crippen molar-refractivity contribution < 1.29 is 0 Å². The number of rotatable bonds is 2. The Labute approximate surface area is 120 Å². The van der Waals surface area contributed by atoms with Crippen LogP contribution in [0.2, 0.25) is 0 Å². The molecule has 3 aliphatic rings. The molecule has 2 heteroatoms. The Balaban J connectivity index is 1.78. The summed E-state index contributed by atoms with van der Waals surface area (Å²) in [4.78, 5) is 2.72. The molecule has 1 saturated carbocycles. The Morgan fingerprint density at radius 3 is 3.11 bits per heavy atom. The number of benzene rings is 1. The predicted octanol–water partition coefficient (Wildman–Crippen LogP) is 4.02.